The summed E-state index contributed by atoms with van der Waals surface area (Å²) in [4.78, 5) is 12.4. The molecule has 3 rings (SSSR count). The second-order valence-electron chi connectivity index (χ2n) is 5.76. The third-order valence-corrected chi connectivity index (χ3v) is 5.83. The first kappa shape index (κ1) is 19.2. The van der Waals surface area contributed by atoms with E-state index < -0.39 is 0 Å². The summed E-state index contributed by atoms with van der Waals surface area (Å²) in [5.74, 6) is 0.664. The van der Waals surface area contributed by atoms with Crippen molar-refractivity contribution < 1.29 is 9.53 Å². The first-order valence-electron chi connectivity index (χ1n) is 8.33. The van der Waals surface area contributed by atoms with Crippen molar-refractivity contribution in [2.24, 2.45) is 0 Å². The first-order chi connectivity index (χ1) is 13.1. The molecule has 1 aromatic heterocycles. The van der Waals surface area contributed by atoms with Gasteiger partial charge in [0.2, 0.25) is 11.0 Å². The SMILES string of the molecule is COc1ccccc1Nc1nnc(S[C@H](C)C(=O)Nc2ccccc2C)s1. The highest BCUT2D eigenvalue weighted by Gasteiger charge is 2.18. The summed E-state index contributed by atoms with van der Waals surface area (Å²) in [5, 5.41) is 14.8. The quantitative estimate of drug-likeness (QED) is 0.559. The molecule has 0 spiro atoms. The molecule has 0 radical (unpaired) electrons. The van der Waals surface area contributed by atoms with Crippen molar-refractivity contribution >= 4 is 45.5 Å². The van der Waals surface area contributed by atoms with E-state index in [4.69, 9.17) is 4.74 Å². The lowest BCUT2D eigenvalue weighted by molar-refractivity contribution is -0.115. The Hall–Kier alpha value is -2.58. The summed E-state index contributed by atoms with van der Waals surface area (Å²) in [7, 11) is 1.62. The number of benzene rings is 2. The van der Waals surface area contributed by atoms with Crippen molar-refractivity contribution in [2.45, 2.75) is 23.4 Å². The summed E-state index contributed by atoms with van der Waals surface area (Å²) in [6.45, 7) is 3.82. The molecule has 0 saturated carbocycles. The molecule has 27 heavy (non-hydrogen) atoms. The van der Waals surface area contributed by atoms with Crippen LogP contribution < -0.4 is 15.4 Å². The number of anilines is 3. The number of nitrogens with zero attached hydrogens (tertiary/aromatic N) is 2. The highest BCUT2D eigenvalue weighted by Crippen LogP contribution is 2.33. The number of thioether (sulfide) groups is 1. The number of aromatic nitrogens is 2. The normalized spacial score (nSPS) is 11.7. The van der Waals surface area contributed by atoms with Gasteiger partial charge in [-0.3, -0.25) is 4.79 Å². The highest BCUT2D eigenvalue weighted by molar-refractivity contribution is 8.02. The average Bonchev–Trinajstić information content (AvgIpc) is 3.10. The van der Waals surface area contributed by atoms with E-state index in [2.05, 4.69) is 20.8 Å². The number of rotatable bonds is 7. The van der Waals surface area contributed by atoms with Gasteiger partial charge in [-0.25, -0.2) is 0 Å². The molecule has 8 heteroatoms. The van der Waals surface area contributed by atoms with Crippen LogP contribution in [0.25, 0.3) is 0 Å². The maximum absolute atomic E-state index is 12.4. The number of nitrogens with one attached hydrogen (secondary N) is 2. The summed E-state index contributed by atoms with van der Waals surface area (Å²) in [6.07, 6.45) is 0. The van der Waals surface area contributed by atoms with Crippen molar-refractivity contribution in [1.82, 2.24) is 10.2 Å². The Kier molecular flexibility index (Phi) is 6.31. The van der Waals surface area contributed by atoms with Crippen molar-refractivity contribution in [1.29, 1.82) is 0 Å². The third-order valence-electron chi connectivity index (χ3n) is 3.80. The number of amides is 1. The van der Waals surface area contributed by atoms with Gasteiger partial charge in [-0.1, -0.05) is 53.4 Å². The van der Waals surface area contributed by atoms with Gasteiger partial charge in [-0.05, 0) is 37.6 Å². The minimum Gasteiger partial charge on any atom is -0.495 e. The van der Waals surface area contributed by atoms with Crippen molar-refractivity contribution in [3.63, 3.8) is 0 Å². The number of hydrogen-bond donors (Lipinski definition) is 2. The third kappa shape index (κ3) is 4.99. The second-order valence-corrected chi connectivity index (χ2v) is 8.33. The molecular formula is C19H20N4O2S2. The minimum atomic E-state index is -0.295. The minimum absolute atomic E-state index is 0.0660. The average molecular weight is 401 g/mol. The number of ether oxygens (including phenoxy) is 1. The van der Waals surface area contributed by atoms with Crippen molar-refractivity contribution in [3.8, 4) is 5.75 Å². The fourth-order valence-corrected chi connectivity index (χ4v) is 4.23. The molecule has 2 N–H and O–H groups in total. The molecule has 1 heterocycles. The summed E-state index contributed by atoms with van der Waals surface area (Å²) in [5.41, 5.74) is 2.67. The van der Waals surface area contributed by atoms with Gasteiger partial charge in [0.1, 0.15) is 5.75 Å². The largest absolute Gasteiger partial charge is 0.495 e. The number of hydrogen-bond acceptors (Lipinski definition) is 7. The van der Waals surface area contributed by atoms with Crippen LogP contribution in [0.15, 0.2) is 52.9 Å². The Labute approximate surface area is 166 Å². The molecule has 0 aliphatic carbocycles. The molecule has 0 aliphatic rings. The predicted molar refractivity (Wildman–Crippen MR) is 111 cm³/mol. The zero-order chi connectivity index (χ0) is 19.2. The number of carbonyl (C=O) groups excluding carboxylic acids is 1. The lowest BCUT2D eigenvalue weighted by Crippen LogP contribution is -2.22. The van der Waals surface area contributed by atoms with Crippen LogP contribution in [0.1, 0.15) is 12.5 Å². The molecule has 1 amide bonds. The topological polar surface area (TPSA) is 76.1 Å². The molecule has 1 atom stereocenters. The molecule has 0 aliphatic heterocycles. The van der Waals surface area contributed by atoms with Crippen LogP contribution in [0, 0.1) is 6.92 Å². The smallest absolute Gasteiger partial charge is 0.237 e. The second kappa shape index (κ2) is 8.88. The van der Waals surface area contributed by atoms with Crippen LogP contribution in [0.3, 0.4) is 0 Å². The number of aryl methyl sites for hydroxylation is 1. The van der Waals surface area contributed by atoms with Crippen LogP contribution in [0.4, 0.5) is 16.5 Å². The van der Waals surface area contributed by atoms with E-state index in [1.54, 1.807) is 7.11 Å². The van der Waals surface area contributed by atoms with Gasteiger partial charge in [0, 0.05) is 5.69 Å². The van der Waals surface area contributed by atoms with Crippen LogP contribution in [0.5, 0.6) is 5.75 Å². The first-order valence-corrected chi connectivity index (χ1v) is 10.0. The fourth-order valence-electron chi connectivity index (χ4n) is 2.32. The van der Waals surface area contributed by atoms with E-state index in [0.29, 0.717) is 5.13 Å². The lowest BCUT2D eigenvalue weighted by atomic mass is 10.2. The predicted octanol–water partition coefficient (Wildman–Crippen LogP) is 4.72. The number of methoxy groups -OCH3 is 1. The van der Waals surface area contributed by atoms with Crippen LogP contribution in [-0.2, 0) is 4.79 Å². The Morgan fingerprint density at radius 2 is 1.81 bits per heavy atom. The van der Waals surface area contributed by atoms with E-state index in [-0.39, 0.29) is 11.2 Å². The molecule has 140 valence electrons. The number of para-hydroxylation sites is 3. The van der Waals surface area contributed by atoms with E-state index in [1.807, 2.05) is 62.4 Å². The fraction of sp³-hybridized carbons (Fsp3) is 0.211. The summed E-state index contributed by atoms with van der Waals surface area (Å²) < 4.78 is 6.04. The Bertz CT molecular complexity index is 929. The Morgan fingerprint density at radius 3 is 2.56 bits per heavy atom. The van der Waals surface area contributed by atoms with Gasteiger partial charge in [0.05, 0.1) is 18.0 Å². The maximum Gasteiger partial charge on any atom is 0.237 e. The molecule has 2 aromatic carbocycles. The van der Waals surface area contributed by atoms with Crippen LogP contribution in [0.2, 0.25) is 0 Å². The van der Waals surface area contributed by atoms with Gasteiger partial charge in [0.25, 0.3) is 0 Å². The Morgan fingerprint density at radius 1 is 1.11 bits per heavy atom. The van der Waals surface area contributed by atoms with E-state index in [1.165, 1.54) is 23.1 Å². The highest BCUT2D eigenvalue weighted by atomic mass is 32.2. The van der Waals surface area contributed by atoms with Crippen molar-refractivity contribution in [3.05, 3.63) is 54.1 Å². The molecule has 0 saturated heterocycles. The molecule has 0 unspecified atom stereocenters. The van der Waals surface area contributed by atoms with Gasteiger partial charge >= 0.3 is 0 Å². The van der Waals surface area contributed by atoms with Gasteiger partial charge in [-0.15, -0.1) is 10.2 Å². The molecule has 0 fully saturated rings. The van der Waals surface area contributed by atoms with Gasteiger partial charge < -0.3 is 15.4 Å². The zero-order valence-corrected chi connectivity index (χ0v) is 16.9. The van der Waals surface area contributed by atoms with Gasteiger partial charge in [0.15, 0.2) is 4.34 Å². The molecule has 3 aromatic rings. The molecule has 6 nitrogen and oxygen atoms in total. The van der Waals surface area contributed by atoms with Crippen LogP contribution >= 0.6 is 23.1 Å². The maximum atomic E-state index is 12.4. The van der Waals surface area contributed by atoms with E-state index in [9.17, 15) is 4.79 Å². The van der Waals surface area contributed by atoms with E-state index in [0.717, 1.165) is 27.0 Å². The Balaban J connectivity index is 1.61. The van der Waals surface area contributed by atoms with E-state index >= 15 is 0 Å². The lowest BCUT2D eigenvalue weighted by Gasteiger charge is -2.12. The molecular weight excluding hydrogens is 380 g/mol. The molecule has 0 bridgehead atoms. The summed E-state index contributed by atoms with van der Waals surface area (Å²) in [6, 6.07) is 15.3. The van der Waals surface area contributed by atoms with Gasteiger partial charge in [-0.2, -0.15) is 0 Å². The van der Waals surface area contributed by atoms with Crippen LogP contribution in [-0.4, -0.2) is 28.5 Å². The monoisotopic (exact) mass is 400 g/mol. The zero-order valence-electron chi connectivity index (χ0n) is 15.2. The summed E-state index contributed by atoms with van der Waals surface area (Å²) >= 11 is 2.78. The van der Waals surface area contributed by atoms with Crippen molar-refractivity contribution in [2.75, 3.05) is 17.7 Å². The number of carbonyl (C=O) groups is 1. The standard InChI is InChI=1S/C19H20N4O2S2/c1-12-8-4-5-9-14(12)20-17(24)13(2)26-19-23-22-18(27-19)21-15-10-6-7-11-16(15)25-3/h4-11,13H,1-3H3,(H,20,24)(H,21,22)/t13-/m1/s1.